The molecule has 0 aromatic heterocycles. The number of hydrogen-bond acceptors (Lipinski definition) is 4. The van der Waals surface area contributed by atoms with Crippen molar-refractivity contribution < 1.29 is 17.9 Å². The normalized spacial score (nSPS) is 24.8. The first-order valence-electron chi connectivity index (χ1n) is 9.86. The molecule has 2 fully saturated rings. The minimum absolute atomic E-state index is 0.0360. The molecule has 27 heavy (non-hydrogen) atoms. The van der Waals surface area contributed by atoms with Gasteiger partial charge in [-0.3, -0.25) is 4.79 Å². The smallest absolute Gasteiger partial charge is 0.250 e. The van der Waals surface area contributed by atoms with Crippen molar-refractivity contribution in [3.05, 3.63) is 24.3 Å². The molecule has 1 amide bonds. The Morgan fingerprint density at radius 1 is 1.11 bits per heavy atom. The van der Waals surface area contributed by atoms with Crippen molar-refractivity contribution in [3.8, 4) is 0 Å². The molecule has 0 radical (unpaired) electrons. The second-order valence-electron chi connectivity index (χ2n) is 8.06. The standard InChI is InChI=1S/C20H30N2O4S/c1-15-11-16(2)13-22(12-15)27(24,25)19-9-7-17(8-10-19)21-20(23)14-26-18-5-3-4-6-18/h7-10,15-16,18H,3-6,11-14H2,1-2H3,(H,21,23)/t15-,16-/m0/s1. The first-order valence-corrected chi connectivity index (χ1v) is 11.3. The predicted octanol–water partition coefficient (Wildman–Crippen LogP) is 3.25. The first kappa shape index (κ1) is 20.3. The molecule has 150 valence electrons. The van der Waals surface area contributed by atoms with Crippen LogP contribution in [0.1, 0.15) is 46.0 Å². The van der Waals surface area contributed by atoms with Crippen molar-refractivity contribution >= 4 is 21.6 Å². The van der Waals surface area contributed by atoms with Crippen molar-refractivity contribution in [3.63, 3.8) is 0 Å². The van der Waals surface area contributed by atoms with Crippen LogP contribution in [0.15, 0.2) is 29.2 Å². The van der Waals surface area contributed by atoms with E-state index >= 15 is 0 Å². The van der Waals surface area contributed by atoms with Crippen LogP contribution in [0, 0.1) is 11.8 Å². The Balaban J connectivity index is 1.58. The summed E-state index contributed by atoms with van der Waals surface area (Å²) < 4.78 is 32.9. The molecule has 0 unspecified atom stereocenters. The quantitative estimate of drug-likeness (QED) is 0.804. The summed E-state index contributed by atoms with van der Waals surface area (Å²) in [5.74, 6) is 0.514. The van der Waals surface area contributed by atoms with Gasteiger partial charge < -0.3 is 10.1 Å². The lowest BCUT2D eigenvalue weighted by Gasteiger charge is -2.34. The van der Waals surface area contributed by atoms with Gasteiger partial charge in [0.1, 0.15) is 6.61 Å². The van der Waals surface area contributed by atoms with Crippen molar-refractivity contribution in [2.45, 2.75) is 57.0 Å². The Morgan fingerprint density at radius 2 is 1.70 bits per heavy atom. The molecule has 1 saturated carbocycles. The molecule has 1 heterocycles. The molecule has 3 rings (SSSR count). The topological polar surface area (TPSA) is 75.7 Å². The number of benzene rings is 1. The molecule has 2 aliphatic rings. The molecule has 1 aromatic rings. The van der Waals surface area contributed by atoms with Crippen LogP contribution in [0.5, 0.6) is 0 Å². The number of rotatable bonds is 6. The minimum Gasteiger partial charge on any atom is -0.368 e. The van der Waals surface area contributed by atoms with Crippen LogP contribution in [0.2, 0.25) is 0 Å². The Kier molecular flexibility index (Phi) is 6.55. The van der Waals surface area contributed by atoms with E-state index in [1.54, 1.807) is 28.6 Å². The van der Waals surface area contributed by atoms with Crippen LogP contribution in [0.25, 0.3) is 0 Å². The molecule has 6 nitrogen and oxygen atoms in total. The van der Waals surface area contributed by atoms with Crippen molar-refractivity contribution in [2.75, 3.05) is 25.0 Å². The first-order chi connectivity index (χ1) is 12.8. The lowest BCUT2D eigenvalue weighted by molar-refractivity contribution is -0.122. The average molecular weight is 395 g/mol. The second kappa shape index (κ2) is 8.71. The van der Waals surface area contributed by atoms with Crippen molar-refractivity contribution in [1.29, 1.82) is 0 Å². The number of carbonyl (C=O) groups is 1. The predicted molar refractivity (Wildman–Crippen MR) is 105 cm³/mol. The van der Waals surface area contributed by atoms with Crippen LogP contribution >= 0.6 is 0 Å². The zero-order chi connectivity index (χ0) is 19.4. The number of nitrogens with one attached hydrogen (secondary N) is 1. The van der Waals surface area contributed by atoms with E-state index in [4.69, 9.17) is 4.74 Å². The van der Waals surface area contributed by atoms with Gasteiger partial charge in [0.2, 0.25) is 15.9 Å². The molecule has 0 spiro atoms. The fourth-order valence-electron chi connectivity index (χ4n) is 4.11. The van der Waals surface area contributed by atoms with Gasteiger partial charge in [0, 0.05) is 18.8 Å². The number of amides is 1. The van der Waals surface area contributed by atoms with Gasteiger partial charge in [-0.1, -0.05) is 26.7 Å². The fourth-order valence-corrected chi connectivity index (χ4v) is 5.79. The van der Waals surface area contributed by atoms with E-state index < -0.39 is 10.0 Å². The molecule has 1 N–H and O–H groups in total. The number of nitrogens with zero attached hydrogens (tertiary/aromatic N) is 1. The largest absolute Gasteiger partial charge is 0.368 e. The van der Waals surface area contributed by atoms with Crippen LogP contribution in [-0.4, -0.2) is 44.4 Å². The summed E-state index contributed by atoms with van der Waals surface area (Å²) >= 11 is 0. The van der Waals surface area contributed by atoms with Gasteiger partial charge in [0.25, 0.3) is 0 Å². The summed E-state index contributed by atoms with van der Waals surface area (Å²) in [5, 5.41) is 2.77. The van der Waals surface area contributed by atoms with E-state index in [1.165, 1.54) is 0 Å². The Labute approximate surface area is 162 Å². The van der Waals surface area contributed by atoms with Crippen molar-refractivity contribution in [2.24, 2.45) is 11.8 Å². The van der Waals surface area contributed by atoms with E-state index in [-0.39, 0.29) is 23.5 Å². The molecule has 1 saturated heterocycles. The molecular formula is C20H30N2O4S. The lowest BCUT2D eigenvalue weighted by atomic mass is 9.94. The van der Waals surface area contributed by atoms with E-state index in [1.807, 2.05) is 0 Å². The SMILES string of the molecule is C[C@H]1C[C@H](C)CN(S(=O)(=O)c2ccc(NC(=O)COC3CCCC3)cc2)C1. The molecule has 1 aliphatic heterocycles. The van der Waals surface area contributed by atoms with E-state index in [0.717, 1.165) is 32.1 Å². The van der Waals surface area contributed by atoms with Crippen molar-refractivity contribution in [1.82, 2.24) is 4.31 Å². The zero-order valence-corrected chi connectivity index (χ0v) is 17.0. The number of hydrogen-bond donors (Lipinski definition) is 1. The fraction of sp³-hybridized carbons (Fsp3) is 0.650. The molecule has 1 aromatic carbocycles. The Morgan fingerprint density at radius 3 is 2.30 bits per heavy atom. The highest BCUT2D eigenvalue weighted by Crippen LogP contribution is 2.27. The maximum absolute atomic E-state index is 12.9. The maximum atomic E-state index is 12.9. The van der Waals surface area contributed by atoms with Gasteiger partial charge in [-0.15, -0.1) is 0 Å². The third-order valence-corrected chi connectivity index (χ3v) is 7.21. The van der Waals surface area contributed by atoms with Gasteiger partial charge >= 0.3 is 0 Å². The number of piperidine rings is 1. The molecule has 2 atom stereocenters. The zero-order valence-electron chi connectivity index (χ0n) is 16.2. The van der Waals surface area contributed by atoms with Gasteiger partial charge in [-0.25, -0.2) is 8.42 Å². The molecule has 0 bridgehead atoms. The maximum Gasteiger partial charge on any atom is 0.250 e. The monoisotopic (exact) mass is 394 g/mol. The van der Waals surface area contributed by atoms with Crippen LogP contribution in [-0.2, 0) is 19.6 Å². The Hall–Kier alpha value is -1.44. The van der Waals surface area contributed by atoms with Crippen LogP contribution in [0.3, 0.4) is 0 Å². The second-order valence-corrected chi connectivity index (χ2v) is 10.00. The summed E-state index contributed by atoms with van der Waals surface area (Å²) in [6, 6.07) is 6.40. The summed E-state index contributed by atoms with van der Waals surface area (Å²) in [4.78, 5) is 12.3. The number of sulfonamides is 1. The summed E-state index contributed by atoms with van der Waals surface area (Å²) in [6.07, 6.45) is 5.62. The molecular weight excluding hydrogens is 364 g/mol. The highest BCUT2D eigenvalue weighted by atomic mass is 32.2. The minimum atomic E-state index is -3.50. The Bertz CT molecular complexity index is 732. The third kappa shape index (κ3) is 5.30. The van der Waals surface area contributed by atoms with E-state index in [2.05, 4.69) is 19.2 Å². The summed E-state index contributed by atoms with van der Waals surface area (Å²) in [5.41, 5.74) is 0.578. The number of carbonyl (C=O) groups excluding carboxylic acids is 1. The van der Waals surface area contributed by atoms with Gasteiger partial charge in [-0.2, -0.15) is 4.31 Å². The van der Waals surface area contributed by atoms with Gasteiger partial charge in [0.05, 0.1) is 11.0 Å². The highest BCUT2D eigenvalue weighted by Gasteiger charge is 2.31. The molecule has 7 heteroatoms. The number of anilines is 1. The van der Waals surface area contributed by atoms with Crippen LogP contribution < -0.4 is 5.32 Å². The van der Waals surface area contributed by atoms with Gasteiger partial charge in [-0.05, 0) is 55.4 Å². The lowest BCUT2D eigenvalue weighted by Crippen LogP contribution is -2.42. The van der Waals surface area contributed by atoms with E-state index in [9.17, 15) is 13.2 Å². The molecule has 1 aliphatic carbocycles. The van der Waals surface area contributed by atoms with Gasteiger partial charge in [0.15, 0.2) is 0 Å². The summed E-state index contributed by atoms with van der Waals surface area (Å²) in [7, 11) is -3.50. The highest BCUT2D eigenvalue weighted by molar-refractivity contribution is 7.89. The third-order valence-electron chi connectivity index (χ3n) is 5.36. The number of ether oxygens (including phenoxy) is 1. The van der Waals surface area contributed by atoms with E-state index in [0.29, 0.717) is 30.6 Å². The summed E-state index contributed by atoms with van der Waals surface area (Å²) in [6.45, 7) is 5.33. The average Bonchev–Trinajstić information content (AvgIpc) is 3.13. The van der Waals surface area contributed by atoms with Crippen LogP contribution in [0.4, 0.5) is 5.69 Å².